The largest absolute Gasteiger partial charge is 0.480 e. The summed E-state index contributed by atoms with van der Waals surface area (Å²) >= 11 is 0. The quantitative estimate of drug-likeness (QED) is 0.720. The van der Waals surface area contributed by atoms with Crippen LogP contribution in [0.4, 0.5) is 4.79 Å². The van der Waals surface area contributed by atoms with E-state index in [0.717, 1.165) is 25.7 Å². The Bertz CT molecular complexity index is 358. The van der Waals surface area contributed by atoms with Crippen LogP contribution in [0.5, 0.6) is 0 Å². The lowest BCUT2D eigenvalue weighted by atomic mass is 9.82. The first-order valence-corrected chi connectivity index (χ1v) is 6.87. The van der Waals surface area contributed by atoms with E-state index in [2.05, 4.69) is 10.6 Å². The molecule has 1 unspecified atom stereocenters. The normalized spacial score (nSPS) is 29.7. The van der Waals surface area contributed by atoms with E-state index in [1.807, 2.05) is 6.92 Å². The Hall–Kier alpha value is -1.30. The Balaban J connectivity index is 1.97. The third-order valence-corrected chi connectivity index (χ3v) is 4.10. The number of carbonyl (C=O) groups excluding carboxylic acids is 1. The van der Waals surface area contributed by atoms with E-state index in [4.69, 9.17) is 4.74 Å². The molecule has 1 heterocycles. The van der Waals surface area contributed by atoms with Gasteiger partial charge in [-0.3, -0.25) is 0 Å². The van der Waals surface area contributed by atoms with Crippen LogP contribution in [0.1, 0.15) is 45.4 Å². The molecule has 108 valence electrons. The molecule has 1 saturated carbocycles. The molecule has 2 aliphatic rings. The summed E-state index contributed by atoms with van der Waals surface area (Å²) in [4.78, 5) is 23.5. The smallest absolute Gasteiger partial charge is 0.329 e. The molecule has 0 aromatic carbocycles. The van der Waals surface area contributed by atoms with Crippen LogP contribution < -0.4 is 10.6 Å². The van der Waals surface area contributed by atoms with E-state index in [1.54, 1.807) is 0 Å². The van der Waals surface area contributed by atoms with E-state index in [1.165, 1.54) is 0 Å². The molecule has 2 amide bonds. The third kappa shape index (κ3) is 3.18. The zero-order chi connectivity index (χ0) is 13.9. The molecule has 0 aromatic heterocycles. The first-order chi connectivity index (χ1) is 8.96. The second-order valence-electron chi connectivity index (χ2n) is 5.89. The number of urea groups is 1. The van der Waals surface area contributed by atoms with Crippen molar-refractivity contribution in [1.82, 2.24) is 10.6 Å². The van der Waals surface area contributed by atoms with Crippen molar-refractivity contribution in [2.24, 2.45) is 0 Å². The van der Waals surface area contributed by atoms with E-state index in [9.17, 15) is 14.7 Å². The molecule has 0 bridgehead atoms. The number of rotatable bonds is 3. The predicted molar refractivity (Wildman–Crippen MR) is 69.0 cm³/mol. The molecule has 1 aliphatic carbocycles. The molecule has 1 aliphatic heterocycles. The Morgan fingerprint density at radius 2 is 1.79 bits per heavy atom. The number of carboxylic acids is 1. The fourth-order valence-corrected chi connectivity index (χ4v) is 2.84. The average molecular weight is 270 g/mol. The highest BCUT2D eigenvalue weighted by molar-refractivity contribution is 5.86. The zero-order valence-electron chi connectivity index (χ0n) is 11.3. The minimum atomic E-state index is -1.10. The Morgan fingerprint density at radius 1 is 1.11 bits per heavy atom. The highest BCUT2D eigenvalue weighted by Gasteiger charge is 2.42. The van der Waals surface area contributed by atoms with Gasteiger partial charge >= 0.3 is 12.0 Å². The Labute approximate surface area is 112 Å². The number of aliphatic carboxylic acids is 1. The molecule has 1 saturated heterocycles. The summed E-state index contributed by atoms with van der Waals surface area (Å²) in [6.07, 6.45) is 4.47. The minimum Gasteiger partial charge on any atom is -0.480 e. The van der Waals surface area contributed by atoms with Crippen LogP contribution in [0, 0.1) is 0 Å². The molecule has 3 N–H and O–H groups in total. The van der Waals surface area contributed by atoms with Gasteiger partial charge in [0, 0.05) is 6.61 Å². The zero-order valence-corrected chi connectivity index (χ0v) is 11.3. The van der Waals surface area contributed by atoms with Gasteiger partial charge in [0.25, 0.3) is 0 Å². The van der Waals surface area contributed by atoms with Gasteiger partial charge < -0.3 is 20.5 Å². The van der Waals surface area contributed by atoms with Crippen molar-refractivity contribution in [2.75, 3.05) is 13.2 Å². The first kappa shape index (κ1) is 14.1. The monoisotopic (exact) mass is 270 g/mol. The number of hydrogen-bond donors (Lipinski definition) is 3. The fourth-order valence-electron chi connectivity index (χ4n) is 2.84. The summed E-state index contributed by atoms with van der Waals surface area (Å²) in [7, 11) is 0. The predicted octanol–water partition coefficient (Wildman–Crippen LogP) is 1.25. The maximum Gasteiger partial charge on any atom is 0.329 e. The van der Waals surface area contributed by atoms with Crippen LogP contribution >= 0.6 is 0 Å². The van der Waals surface area contributed by atoms with Crippen molar-refractivity contribution in [3.05, 3.63) is 0 Å². The number of nitrogens with one attached hydrogen (secondary N) is 2. The molecule has 19 heavy (non-hydrogen) atoms. The number of ether oxygens (including phenoxy) is 1. The lowest BCUT2D eigenvalue weighted by molar-refractivity contribution is -0.145. The maximum atomic E-state index is 12.0. The Morgan fingerprint density at radius 3 is 2.32 bits per heavy atom. The van der Waals surface area contributed by atoms with E-state index < -0.39 is 23.1 Å². The molecule has 2 fully saturated rings. The first-order valence-electron chi connectivity index (χ1n) is 6.87. The van der Waals surface area contributed by atoms with Crippen molar-refractivity contribution in [3.8, 4) is 0 Å². The molecule has 0 aromatic rings. The maximum absolute atomic E-state index is 12.0. The van der Waals surface area contributed by atoms with Crippen LogP contribution in [-0.2, 0) is 9.53 Å². The summed E-state index contributed by atoms with van der Waals surface area (Å²) in [6, 6.07) is -0.405. The summed E-state index contributed by atoms with van der Waals surface area (Å²) in [6.45, 7) is 3.01. The van der Waals surface area contributed by atoms with Gasteiger partial charge in [0.1, 0.15) is 5.54 Å². The van der Waals surface area contributed by atoms with E-state index >= 15 is 0 Å². The van der Waals surface area contributed by atoms with E-state index in [0.29, 0.717) is 26.1 Å². The van der Waals surface area contributed by atoms with Crippen LogP contribution in [0.25, 0.3) is 0 Å². The van der Waals surface area contributed by atoms with Crippen molar-refractivity contribution in [1.29, 1.82) is 0 Å². The standard InChI is InChI=1S/C13H22N2O4/c1-12(7-8-19-9-12)14-11(18)15-13(10(16)17)5-3-2-4-6-13/h2-9H2,1H3,(H,16,17)(H2,14,15,18). The molecular formula is C13H22N2O4. The Kier molecular flexibility index (Phi) is 3.99. The molecular weight excluding hydrogens is 248 g/mol. The highest BCUT2D eigenvalue weighted by Crippen LogP contribution is 2.28. The molecule has 6 nitrogen and oxygen atoms in total. The fraction of sp³-hybridized carbons (Fsp3) is 0.846. The average Bonchev–Trinajstić information content (AvgIpc) is 2.76. The van der Waals surface area contributed by atoms with Crippen LogP contribution in [0.15, 0.2) is 0 Å². The number of carbonyl (C=O) groups is 2. The van der Waals surface area contributed by atoms with Crippen molar-refractivity contribution in [2.45, 2.75) is 56.5 Å². The summed E-state index contributed by atoms with van der Waals surface area (Å²) in [5.41, 5.74) is -1.49. The van der Waals surface area contributed by atoms with Gasteiger partial charge in [0.15, 0.2) is 0 Å². The topological polar surface area (TPSA) is 87.7 Å². The van der Waals surface area contributed by atoms with E-state index in [-0.39, 0.29) is 0 Å². The number of hydrogen-bond acceptors (Lipinski definition) is 3. The lowest BCUT2D eigenvalue weighted by Gasteiger charge is -2.35. The van der Waals surface area contributed by atoms with Crippen LogP contribution in [-0.4, -0.2) is 41.4 Å². The van der Waals surface area contributed by atoms with Crippen LogP contribution in [0.3, 0.4) is 0 Å². The molecule has 0 spiro atoms. The second kappa shape index (κ2) is 5.36. The van der Waals surface area contributed by atoms with Gasteiger partial charge in [-0.15, -0.1) is 0 Å². The summed E-state index contributed by atoms with van der Waals surface area (Å²) in [5.74, 6) is -0.935. The number of amides is 2. The summed E-state index contributed by atoms with van der Waals surface area (Å²) < 4.78 is 5.26. The highest BCUT2D eigenvalue weighted by atomic mass is 16.5. The van der Waals surface area contributed by atoms with Gasteiger partial charge in [-0.1, -0.05) is 19.3 Å². The molecule has 2 rings (SSSR count). The third-order valence-electron chi connectivity index (χ3n) is 4.10. The summed E-state index contributed by atoms with van der Waals surface area (Å²) in [5, 5.41) is 14.9. The molecule has 0 radical (unpaired) electrons. The van der Waals surface area contributed by atoms with Crippen LogP contribution in [0.2, 0.25) is 0 Å². The van der Waals surface area contributed by atoms with Crippen molar-refractivity contribution in [3.63, 3.8) is 0 Å². The van der Waals surface area contributed by atoms with Crippen molar-refractivity contribution >= 4 is 12.0 Å². The molecule has 1 atom stereocenters. The van der Waals surface area contributed by atoms with Gasteiger partial charge in [0.05, 0.1) is 12.1 Å². The van der Waals surface area contributed by atoms with Gasteiger partial charge in [-0.25, -0.2) is 9.59 Å². The lowest BCUT2D eigenvalue weighted by Crippen LogP contribution is -2.61. The van der Waals surface area contributed by atoms with Gasteiger partial charge in [0.2, 0.25) is 0 Å². The van der Waals surface area contributed by atoms with Crippen molar-refractivity contribution < 1.29 is 19.4 Å². The van der Waals surface area contributed by atoms with Gasteiger partial charge in [-0.2, -0.15) is 0 Å². The minimum absolute atomic E-state index is 0.390. The second-order valence-corrected chi connectivity index (χ2v) is 5.89. The van der Waals surface area contributed by atoms with Gasteiger partial charge in [-0.05, 0) is 26.2 Å². The SMILES string of the molecule is CC1(NC(=O)NC2(C(=O)O)CCCCC2)CCOC1. The molecule has 6 heteroatoms. The number of carboxylic acid groups (broad SMARTS) is 1.